The average Bonchev–Trinajstić information content (AvgIpc) is 3.47. The number of aryl methyl sites for hydroxylation is 2. The predicted molar refractivity (Wildman–Crippen MR) is 126 cm³/mol. The molecule has 4 heterocycles. The molecule has 11 heteroatoms. The lowest BCUT2D eigenvalue weighted by molar-refractivity contribution is -0.105. The van der Waals surface area contributed by atoms with Crippen molar-refractivity contribution in [3.8, 4) is 17.5 Å². The van der Waals surface area contributed by atoms with Crippen molar-refractivity contribution in [1.82, 2.24) is 24.4 Å². The van der Waals surface area contributed by atoms with Gasteiger partial charge in [-0.3, -0.25) is 4.79 Å². The smallest absolute Gasteiger partial charge is 0.409 e. The quantitative estimate of drug-likeness (QED) is 0.446. The summed E-state index contributed by atoms with van der Waals surface area (Å²) in [6.45, 7) is 4.86. The van der Waals surface area contributed by atoms with Gasteiger partial charge in [-0.1, -0.05) is 17.3 Å². The van der Waals surface area contributed by atoms with Crippen molar-refractivity contribution in [3.63, 3.8) is 0 Å². The number of likely N-dealkylation sites (tertiary alicyclic amines) is 1. The molecular weight excluding hydrogens is 450 g/mol. The zero-order valence-corrected chi connectivity index (χ0v) is 19.4. The number of nitriles is 1. The van der Waals surface area contributed by atoms with E-state index in [0.29, 0.717) is 42.5 Å². The highest BCUT2D eigenvalue weighted by molar-refractivity contribution is 5.76. The molecule has 2 amide bonds. The number of methoxy groups -OCH3 is 1. The molecule has 178 valence electrons. The van der Waals surface area contributed by atoms with Gasteiger partial charge in [0.1, 0.15) is 11.7 Å². The van der Waals surface area contributed by atoms with Gasteiger partial charge in [0, 0.05) is 42.4 Å². The van der Waals surface area contributed by atoms with Gasteiger partial charge in [-0.25, -0.2) is 9.78 Å². The maximum absolute atomic E-state index is 11.3. The Kier molecular flexibility index (Phi) is 6.73. The number of rotatable bonds is 4. The molecule has 0 aliphatic carbocycles. The molecule has 1 N–H and O–H groups in total. The van der Waals surface area contributed by atoms with E-state index in [0.717, 1.165) is 22.5 Å². The molecule has 1 saturated heterocycles. The number of ether oxygens (including phenoxy) is 1. The molecule has 0 saturated carbocycles. The first-order valence-electron chi connectivity index (χ1n) is 10.7. The van der Waals surface area contributed by atoms with E-state index >= 15 is 0 Å². The second-order valence-corrected chi connectivity index (χ2v) is 7.98. The minimum atomic E-state index is -0.357. The molecule has 1 aliphatic heterocycles. The number of imidazole rings is 1. The van der Waals surface area contributed by atoms with E-state index in [-0.39, 0.29) is 12.0 Å². The molecule has 1 aromatic carbocycles. The van der Waals surface area contributed by atoms with Gasteiger partial charge >= 0.3 is 6.09 Å². The minimum absolute atomic E-state index is 0.0216. The van der Waals surface area contributed by atoms with Crippen LogP contribution in [0.5, 0.6) is 0 Å². The second kappa shape index (κ2) is 10.0. The van der Waals surface area contributed by atoms with Gasteiger partial charge in [-0.15, -0.1) is 0 Å². The first kappa shape index (κ1) is 23.4. The third kappa shape index (κ3) is 4.96. The van der Waals surface area contributed by atoms with E-state index in [1.54, 1.807) is 29.4 Å². The fourth-order valence-corrected chi connectivity index (χ4v) is 3.58. The Labute approximate surface area is 200 Å². The Balaban J connectivity index is 0.000000201. The number of nitrogens with zero attached hydrogens (tertiary/aromatic N) is 6. The van der Waals surface area contributed by atoms with Crippen LogP contribution in [0, 0.1) is 25.2 Å². The van der Waals surface area contributed by atoms with Gasteiger partial charge in [0.25, 0.3) is 0 Å². The van der Waals surface area contributed by atoms with Crippen molar-refractivity contribution < 1.29 is 18.8 Å². The number of carbonyl (C=O) groups excluding carboxylic acids is 2. The Morgan fingerprint density at radius 2 is 2.09 bits per heavy atom. The fourth-order valence-electron chi connectivity index (χ4n) is 3.58. The van der Waals surface area contributed by atoms with E-state index < -0.39 is 0 Å². The maximum atomic E-state index is 11.3. The molecule has 4 aromatic rings. The monoisotopic (exact) mass is 473 g/mol. The molecule has 0 unspecified atom stereocenters. The first-order chi connectivity index (χ1) is 16.9. The highest BCUT2D eigenvalue weighted by atomic mass is 16.5. The highest BCUT2D eigenvalue weighted by Crippen LogP contribution is 2.29. The lowest BCUT2D eigenvalue weighted by Gasteiger charge is -2.35. The number of carbonyl (C=O) groups is 2. The molecule has 3 aromatic heterocycles. The van der Waals surface area contributed by atoms with Crippen molar-refractivity contribution in [3.05, 3.63) is 65.4 Å². The Morgan fingerprint density at radius 1 is 1.29 bits per heavy atom. The van der Waals surface area contributed by atoms with Gasteiger partial charge in [0.15, 0.2) is 0 Å². The van der Waals surface area contributed by atoms with Crippen LogP contribution in [0.3, 0.4) is 0 Å². The van der Waals surface area contributed by atoms with Crippen LogP contribution >= 0.6 is 0 Å². The van der Waals surface area contributed by atoms with Crippen LogP contribution in [0.1, 0.15) is 28.6 Å². The van der Waals surface area contributed by atoms with E-state index in [4.69, 9.17) is 9.78 Å². The topological polar surface area (TPSA) is 139 Å². The molecule has 1 fully saturated rings. The number of nitrogens with one attached hydrogen (secondary N) is 1. The molecule has 5 rings (SSSR count). The lowest BCUT2D eigenvalue weighted by atomic mass is 10.0. The third-order valence-corrected chi connectivity index (χ3v) is 5.64. The van der Waals surface area contributed by atoms with Crippen LogP contribution in [0.2, 0.25) is 0 Å². The molecule has 1 aliphatic rings. The second-order valence-electron chi connectivity index (χ2n) is 7.98. The van der Waals surface area contributed by atoms with Crippen LogP contribution in [0.25, 0.3) is 17.0 Å². The van der Waals surface area contributed by atoms with Gasteiger partial charge in [0.2, 0.25) is 18.1 Å². The van der Waals surface area contributed by atoms with Crippen molar-refractivity contribution in [1.29, 1.82) is 5.26 Å². The summed E-state index contributed by atoms with van der Waals surface area (Å²) < 4.78 is 11.8. The molecule has 0 spiro atoms. The number of amides is 2. The van der Waals surface area contributed by atoms with Crippen LogP contribution in [0.4, 0.5) is 10.5 Å². The number of fused-ring (bicyclic) bond motifs is 1. The van der Waals surface area contributed by atoms with Gasteiger partial charge in [-0.2, -0.15) is 10.2 Å². The molecule has 11 nitrogen and oxygen atoms in total. The standard InChI is InChI=1S/C15H16N4O4.C9H7N3/c1-9-3-4-10(5-12(9)16-8-20)13-17-14(23-18-13)11-6-19(7-11)15(21)22-2;1-7-5-11-9-3-2-8(4-10)6-12(7)9/h3-5,8,11H,6-7H2,1-2H3,(H,16,20);2-3,5-6H,1H3. The van der Waals surface area contributed by atoms with E-state index in [9.17, 15) is 9.59 Å². The number of hydrogen-bond donors (Lipinski definition) is 1. The number of aromatic nitrogens is 4. The normalized spacial score (nSPS) is 12.8. The van der Waals surface area contributed by atoms with E-state index in [2.05, 4.69) is 31.2 Å². The zero-order valence-electron chi connectivity index (χ0n) is 19.4. The van der Waals surface area contributed by atoms with Crippen molar-refractivity contribution in [2.75, 3.05) is 25.5 Å². The predicted octanol–water partition coefficient (Wildman–Crippen LogP) is 3.29. The molecule has 35 heavy (non-hydrogen) atoms. The number of benzene rings is 1. The van der Waals surface area contributed by atoms with Crippen LogP contribution < -0.4 is 5.32 Å². The minimum Gasteiger partial charge on any atom is -0.453 e. The third-order valence-electron chi connectivity index (χ3n) is 5.64. The van der Waals surface area contributed by atoms with Gasteiger partial charge in [-0.05, 0) is 37.6 Å². The van der Waals surface area contributed by atoms with Gasteiger partial charge in [0.05, 0.1) is 18.6 Å². The number of pyridine rings is 1. The Hall–Kier alpha value is -4.72. The summed E-state index contributed by atoms with van der Waals surface area (Å²) >= 11 is 0. The Morgan fingerprint density at radius 3 is 2.80 bits per heavy atom. The summed E-state index contributed by atoms with van der Waals surface area (Å²) in [6.07, 6.45) is 3.85. The molecular formula is C24H23N7O4. The first-order valence-corrected chi connectivity index (χ1v) is 10.7. The largest absolute Gasteiger partial charge is 0.453 e. The van der Waals surface area contributed by atoms with E-state index in [1.165, 1.54) is 7.11 Å². The average molecular weight is 473 g/mol. The van der Waals surface area contributed by atoms with Crippen molar-refractivity contribution in [2.24, 2.45) is 0 Å². The summed E-state index contributed by atoms with van der Waals surface area (Å²) in [6, 6.07) is 11.2. The van der Waals surface area contributed by atoms with Gasteiger partial charge < -0.3 is 23.9 Å². The van der Waals surface area contributed by atoms with Crippen LogP contribution in [0.15, 0.2) is 47.2 Å². The fraction of sp³-hybridized carbons (Fsp3) is 0.250. The summed E-state index contributed by atoms with van der Waals surface area (Å²) in [5.41, 5.74) is 4.97. The summed E-state index contributed by atoms with van der Waals surface area (Å²) in [5.74, 6) is 0.962. The number of anilines is 1. The van der Waals surface area contributed by atoms with Crippen molar-refractivity contribution in [2.45, 2.75) is 19.8 Å². The highest BCUT2D eigenvalue weighted by Gasteiger charge is 2.36. The SMILES string of the molecule is COC(=O)N1CC(c2nc(-c3ccc(C)c(NC=O)c3)no2)C1.Cc1cnc2ccc(C#N)cn12. The Bertz CT molecular complexity index is 1410. The van der Waals surface area contributed by atoms with Crippen LogP contribution in [-0.4, -0.2) is 57.1 Å². The summed E-state index contributed by atoms with van der Waals surface area (Å²) in [5, 5.41) is 15.3. The molecule has 0 atom stereocenters. The maximum Gasteiger partial charge on any atom is 0.409 e. The van der Waals surface area contributed by atoms with Crippen LogP contribution in [-0.2, 0) is 9.53 Å². The molecule has 0 radical (unpaired) electrons. The summed E-state index contributed by atoms with van der Waals surface area (Å²) in [7, 11) is 1.35. The zero-order chi connectivity index (χ0) is 24.9. The van der Waals surface area contributed by atoms with E-state index in [1.807, 2.05) is 36.4 Å². The molecule has 0 bridgehead atoms. The summed E-state index contributed by atoms with van der Waals surface area (Å²) in [4.78, 5) is 32.0. The lowest BCUT2D eigenvalue weighted by Crippen LogP contribution is -2.48. The van der Waals surface area contributed by atoms with Crippen molar-refractivity contribution >= 4 is 23.8 Å². The number of hydrogen-bond acceptors (Lipinski definition) is 8.